The van der Waals surface area contributed by atoms with Crippen molar-refractivity contribution in [1.29, 1.82) is 0 Å². The predicted octanol–water partition coefficient (Wildman–Crippen LogP) is 1.57. The monoisotopic (exact) mass is 340 g/mol. The van der Waals surface area contributed by atoms with Crippen LogP contribution >= 0.6 is 0 Å². The number of rotatable bonds is 6. The number of amides is 1. The van der Waals surface area contributed by atoms with E-state index in [1.165, 1.54) is 24.3 Å². The number of primary amides is 1. The molecule has 0 aliphatic carbocycles. The minimum atomic E-state index is -5.67. The third kappa shape index (κ3) is 5.70. The molecule has 0 aliphatic rings. The summed E-state index contributed by atoms with van der Waals surface area (Å²) in [5.41, 5.74) is 13.0. The molecule has 0 aromatic heterocycles. The van der Waals surface area contributed by atoms with Gasteiger partial charge in [0.25, 0.3) is 5.91 Å². The lowest BCUT2D eigenvalue weighted by molar-refractivity contribution is -0.297. The molecule has 0 fully saturated rings. The predicted molar refractivity (Wildman–Crippen MR) is 71.5 cm³/mol. The highest BCUT2D eigenvalue weighted by Crippen LogP contribution is 2.35. The van der Waals surface area contributed by atoms with Gasteiger partial charge in [0.2, 0.25) is 5.84 Å². The van der Waals surface area contributed by atoms with Crippen LogP contribution in [0.5, 0.6) is 0 Å². The van der Waals surface area contributed by atoms with Gasteiger partial charge in [-0.25, -0.2) is 0 Å². The summed E-state index contributed by atoms with van der Waals surface area (Å²) >= 11 is 0. The molecule has 0 heterocycles. The molecule has 1 rings (SSSR count). The number of nitrogens with one attached hydrogen (secondary N) is 1. The van der Waals surface area contributed by atoms with E-state index in [1.807, 2.05) is 0 Å². The van der Waals surface area contributed by atoms with Gasteiger partial charge in [0, 0.05) is 0 Å². The molecular weight excluding hydrogens is 327 g/mol. The van der Waals surface area contributed by atoms with Crippen LogP contribution in [-0.2, 0) is 16.1 Å². The number of hydrogen-bond acceptors (Lipinski definition) is 4. The number of carbonyl (C=O) groups is 1. The third-order valence-corrected chi connectivity index (χ3v) is 2.45. The smallest absolute Gasteiger partial charge is 0.378 e. The van der Waals surface area contributed by atoms with Crippen molar-refractivity contribution < 1.29 is 31.5 Å². The number of carbonyl (C=O) groups excluding carboxylic acids is 1. The molecule has 1 aromatic rings. The van der Waals surface area contributed by atoms with Crippen LogP contribution in [0.1, 0.15) is 5.56 Å². The first-order chi connectivity index (χ1) is 10.5. The minimum Gasteiger partial charge on any atom is -0.378 e. The Labute approximate surface area is 127 Å². The summed E-state index contributed by atoms with van der Waals surface area (Å²) in [6.45, 7) is -2.27. The van der Waals surface area contributed by atoms with Crippen molar-refractivity contribution in [3.05, 3.63) is 29.8 Å². The minimum absolute atomic E-state index is 0.304. The average Bonchev–Trinajstić information content (AvgIpc) is 2.43. The van der Waals surface area contributed by atoms with Gasteiger partial charge in [-0.15, -0.1) is 0 Å². The van der Waals surface area contributed by atoms with Gasteiger partial charge in [-0.1, -0.05) is 12.1 Å². The quantitative estimate of drug-likeness (QED) is 0.316. The topological polar surface area (TPSA) is 103 Å². The average molecular weight is 340 g/mol. The van der Waals surface area contributed by atoms with Gasteiger partial charge < -0.3 is 16.2 Å². The molecule has 128 valence electrons. The van der Waals surface area contributed by atoms with Crippen molar-refractivity contribution in [2.24, 2.45) is 16.6 Å². The van der Waals surface area contributed by atoms with Crippen LogP contribution in [0.3, 0.4) is 0 Å². The SMILES string of the molecule is NC(=O)C(N)=NNc1cccc(COCC(F)(F)C(F)(F)F)c1. The number of nitrogens with two attached hydrogens (primary N) is 2. The number of hydrazone groups is 1. The van der Waals surface area contributed by atoms with Crippen LogP contribution in [0.2, 0.25) is 0 Å². The van der Waals surface area contributed by atoms with E-state index in [-0.39, 0.29) is 0 Å². The molecule has 0 saturated heterocycles. The molecule has 0 saturated carbocycles. The summed E-state index contributed by atoms with van der Waals surface area (Å²) in [6, 6.07) is 5.77. The zero-order valence-corrected chi connectivity index (χ0v) is 11.5. The molecule has 1 aromatic carbocycles. The Morgan fingerprint density at radius 1 is 1.22 bits per heavy atom. The van der Waals surface area contributed by atoms with Crippen molar-refractivity contribution in [3.63, 3.8) is 0 Å². The summed E-state index contributed by atoms with van der Waals surface area (Å²) in [4.78, 5) is 10.6. The first kappa shape index (κ1) is 18.6. The van der Waals surface area contributed by atoms with E-state index < -0.39 is 37.1 Å². The number of alkyl halides is 5. The lowest BCUT2D eigenvalue weighted by atomic mass is 10.2. The maximum absolute atomic E-state index is 12.7. The highest BCUT2D eigenvalue weighted by Gasteiger charge is 2.57. The Hall–Kier alpha value is -2.43. The molecule has 5 N–H and O–H groups in total. The molecule has 0 spiro atoms. The van der Waals surface area contributed by atoms with Crippen LogP contribution < -0.4 is 16.9 Å². The second kappa shape index (κ2) is 7.22. The zero-order chi connectivity index (χ0) is 17.7. The van der Waals surface area contributed by atoms with Gasteiger partial charge in [0.05, 0.1) is 12.3 Å². The normalized spacial score (nSPS) is 13.0. The third-order valence-electron chi connectivity index (χ3n) is 2.45. The number of benzene rings is 1. The van der Waals surface area contributed by atoms with Crippen LogP contribution in [0.25, 0.3) is 0 Å². The molecule has 6 nitrogen and oxygen atoms in total. The Kier molecular flexibility index (Phi) is 5.85. The van der Waals surface area contributed by atoms with Crippen LogP contribution in [0, 0.1) is 0 Å². The van der Waals surface area contributed by atoms with E-state index in [9.17, 15) is 26.7 Å². The van der Waals surface area contributed by atoms with Crippen molar-refractivity contribution in [2.45, 2.75) is 18.7 Å². The molecule has 23 heavy (non-hydrogen) atoms. The first-order valence-electron chi connectivity index (χ1n) is 6.03. The van der Waals surface area contributed by atoms with Crippen molar-refractivity contribution >= 4 is 17.4 Å². The second-order valence-corrected chi connectivity index (χ2v) is 4.37. The fraction of sp³-hybridized carbons (Fsp3) is 0.333. The lowest BCUT2D eigenvalue weighted by Gasteiger charge is -2.19. The number of hydrogen-bond donors (Lipinski definition) is 3. The maximum atomic E-state index is 12.7. The van der Waals surface area contributed by atoms with E-state index in [0.717, 1.165) is 0 Å². The van der Waals surface area contributed by atoms with Gasteiger partial charge in [-0.2, -0.15) is 27.1 Å². The summed E-state index contributed by atoms with van der Waals surface area (Å²) in [5, 5.41) is 3.45. The van der Waals surface area contributed by atoms with E-state index in [0.29, 0.717) is 11.3 Å². The molecule has 0 atom stereocenters. The molecule has 0 radical (unpaired) electrons. The Bertz CT molecular complexity index is 589. The van der Waals surface area contributed by atoms with Crippen molar-refractivity contribution in [1.82, 2.24) is 0 Å². The highest BCUT2D eigenvalue weighted by molar-refractivity contribution is 6.36. The molecule has 0 aliphatic heterocycles. The maximum Gasteiger partial charge on any atom is 0.455 e. The molecule has 1 amide bonds. The number of nitrogens with zero attached hydrogens (tertiary/aromatic N) is 1. The summed E-state index contributed by atoms with van der Waals surface area (Å²) in [5.74, 6) is -6.37. The Morgan fingerprint density at radius 2 is 1.87 bits per heavy atom. The van der Waals surface area contributed by atoms with Gasteiger partial charge in [0.15, 0.2) is 0 Å². The van der Waals surface area contributed by atoms with E-state index in [4.69, 9.17) is 11.5 Å². The van der Waals surface area contributed by atoms with Crippen LogP contribution in [0.15, 0.2) is 29.4 Å². The largest absolute Gasteiger partial charge is 0.455 e. The summed E-state index contributed by atoms with van der Waals surface area (Å²) in [6.07, 6.45) is -5.67. The van der Waals surface area contributed by atoms with Gasteiger partial charge in [-0.05, 0) is 17.7 Å². The number of amidine groups is 1. The zero-order valence-electron chi connectivity index (χ0n) is 11.5. The second-order valence-electron chi connectivity index (χ2n) is 4.37. The molecular formula is C12H13F5N4O2. The standard InChI is InChI=1S/C12H13F5N4O2/c13-11(14,12(15,16)17)6-23-5-7-2-1-3-8(4-7)20-21-9(18)10(19)22/h1-4,20H,5-6H2,(H2,18,21)(H2,19,22). The molecule has 0 unspecified atom stereocenters. The van der Waals surface area contributed by atoms with Crippen LogP contribution in [0.4, 0.5) is 27.6 Å². The number of ether oxygens (including phenoxy) is 1. The summed E-state index contributed by atoms with van der Waals surface area (Å²) < 4.78 is 65.6. The van der Waals surface area contributed by atoms with E-state index in [2.05, 4.69) is 15.3 Å². The number of halogens is 5. The van der Waals surface area contributed by atoms with Crippen molar-refractivity contribution in [2.75, 3.05) is 12.0 Å². The van der Waals surface area contributed by atoms with Gasteiger partial charge >= 0.3 is 12.1 Å². The number of anilines is 1. The molecule has 0 bridgehead atoms. The van der Waals surface area contributed by atoms with Gasteiger partial charge in [0.1, 0.15) is 6.61 Å². The summed E-state index contributed by atoms with van der Waals surface area (Å²) in [7, 11) is 0. The fourth-order valence-electron chi connectivity index (χ4n) is 1.29. The Balaban J connectivity index is 2.61. The van der Waals surface area contributed by atoms with Gasteiger partial charge in [-0.3, -0.25) is 10.2 Å². The van der Waals surface area contributed by atoms with E-state index in [1.54, 1.807) is 0 Å². The van der Waals surface area contributed by atoms with E-state index >= 15 is 0 Å². The highest BCUT2D eigenvalue weighted by atomic mass is 19.4. The van der Waals surface area contributed by atoms with Crippen molar-refractivity contribution in [3.8, 4) is 0 Å². The molecule has 11 heteroatoms. The van der Waals surface area contributed by atoms with Crippen LogP contribution in [-0.4, -0.2) is 30.4 Å². The lowest BCUT2D eigenvalue weighted by Crippen LogP contribution is -2.40. The first-order valence-corrected chi connectivity index (χ1v) is 6.03. The fourth-order valence-corrected chi connectivity index (χ4v) is 1.29. The Morgan fingerprint density at radius 3 is 2.43 bits per heavy atom.